The number of benzene rings is 2. The molecule has 1 aliphatic heterocycles. The molecule has 0 radical (unpaired) electrons. The van der Waals surface area contributed by atoms with Crippen LogP contribution in [0.5, 0.6) is 0 Å². The summed E-state index contributed by atoms with van der Waals surface area (Å²) >= 11 is 0. The highest BCUT2D eigenvalue weighted by molar-refractivity contribution is 6.21. The van der Waals surface area contributed by atoms with Gasteiger partial charge in [0, 0.05) is 25.4 Å². The second kappa shape index (κ2) is 10.5. The van der Waals surface area contributed by atoms with Gasteiger partial charge in [-0.05, 0) is 30.5 Å². The van der Waals surface area contributed by atoms with Crippen molar-refractivity contribution in [2.75, 3.05) is 13.1 Å². The van der Waals surface area contributed by atoms with E-state index in [2.05, 4.69) is 5.32 Å². The molecule has 31 heavy (non-hydrogen) atoms. The maximum Gasteiger partial charge on any atom is 0.304 e. The first-order valence-corrected chi connectivity index (χ1v) is 10.5. The van der Waals surface area contributed by atoms with Crippen molar-refractivity contribution in [3.63, 3.8) is 0 Å². The Bertz CT molecular complexity index is 922. The number of unbranched alkanes of at least 4 members (excludes halogenated alkanes) is 2. The number of carbonyl (C=O) groups excluding carboxylic acids is 3. The molecular formula is C24H26N2O5. The lowest BCUT2D eigenvalue weighted by Crippen LogP contribution is -2.31. The van der Waals surface area contributed by atoms with E-state index in [9.17, 15) is 19.2 Å². The highest BCUT2D eigenvalue weighted by Crippen LogP contribution is 2.23. The van der Waals surface area contributed by atoms with Gasteiger partial charge in [-0.3, -0.25) is 24.1 Å². The molecule has 0 fully saturated rings. The van der Waals surface area contributed by atoms with E-state index in [1.165, 1.54) is 4.90 Å². The topological polar surface area (TPSA) is 104 Å². The van der Waals surface area contributed by atoms with Crippen LogP contribution in [0.1, 0.15) is 64.3 Å². The van der Waals surface area contributed by atoms with Crippen molar-refractivity contribution < 1.29 is 24.3 Å². The SMILES string of the molecule is O=C(O)CC(CNC(=O)CCCCCN1C(=O)c2ccccc2C1=O)c1ccccc1. The Kier molecular flexibility index (Phi) is 7.54. The molecule has 162 valence electrons. The Morgan fingerprint density at radius 2 is 1.48 bits per heavy atom. The first kappa shape index (κ1) is 22.2. The number of carboxylic acid groups (broad SMARTS) is 1. The molecule has 3 rings (SSSR count). The molecule has 1 atom stereocenters. The van der Waals surface area contributed by atoms with Gasteiger partial charge in [-0.25, -0.2) is 0 Å². The van der Waals surface area contributed by atoms with E-state index in [-0.39, 0.29) is 36.6 Å². The van der Waals surface area contributed by atoms with E-state index < -0.39 is 5.97 Å². The Hall–Kier alpha value is -3.48. The molecule has 1 heterocycles. The maximum absolute atomic E-state index is 12.3. The summed E-state index contributed by atoms with van der Waals surface area (Å²) in [6.07, 6.45) is 2.23. The lowest BCUT2D eigenvalue weighted by molar-refractivity contribution is -0.137. The molecule has 7 nitrogen and oxygen atoms in total. The van der Waals surface area contributed by atoms with Gasteiger partial charge in [0.1, 0.15) is 0 Å². The molecule has 0 aliphatic carbocycles. The number of imide groups is 1. The van der Waals surface area contributed by atoms with E-state index in [1.54, 1.807) is 24.3 Å². The summed E-state index contributed by atoms with van der Waals surface area (Å²) in [5.74, 6) is -1.84. The number of amides is 3. The zero-order valence-electron chi connectivity index (χ0n) is 17.3. The lowest BCUT2D eigenvalue weighted by atomic mass is 9.95. The van der Waals surface area contributed by atoms with Crippen LogP contribution in [0.4, 0.5) is 0 Å². The summed E-state index contributed by atoms with van der Waals surface area (Å²) in [4.78, 5) is 49.2. The standard InChI is InChI=1S/C24H26N2O5/c27-21(25-16-18(15-22(28)29)17-9-3-1-4-10-17)13-5-2-8-14-26-23(30)19-11-6-7-12-20(19)24(26)31/h1,3-4,6-7,9-12,18H,2,5,8,13-16H2,(H,25,27)(H,28,29). The summed E-state index contributed by atoms with van der Waals surface area (Å²) < 4.78 is 0. The minimum Gasteiger partial charge on any atom is -0.481 e. The summed E-state index contributed by atoms with van der Waals surface area (Å²) in [5.41, 5.74) is 1.77. The predicted octanol–water partition coefficient (Wildman–Crippen LogP) is 3.22. The van der Waals surface area contributed by atoms with Gasteiger partial charge in [0.15, 0.2) is 0 Å². The van der Waals surface area contributed by atoms with Crippen LogP contribution in [-0.4, -0.2) is 46.8 Å². The number of fused-ring (bicyclic) bond motifs is 1. The first-order valence-electron chi connectivity index (χ1n) is 10.5. The lowest BCUT2D eigenvalue weighted by Gasteiger charge is -2.16. The number of aliphatic carboxylic acids is 1. The van der Waals surface area contributed by atoms with Crippen LogP contribution in [0.25, 0.3) is 0 Å². The van der Waals surface area contributed by atoms with Crippen LogP contribution in [0.3, 0.4) is 0 Å². The van der Waals surface area contributed by atoms with E-state index in [0.29, 0.717) is 43.4 Å². The van der Waals surface area contributed by atoms with Crippen molar-refractivity contribution in [2.45, 2.75) is 38.0 Å². The van der Waals surface area contributed by atoms with Gasteiger partial charge in [-0.1, -0.05) is 48.9 Å². The number of rotatable bonds is 11. The van der Waals surface area contributed by atoms with Crippen molar-refractivity contribution >= 4 is 23.7 Å². The Morgan fingerprint density at radius 1 is 0.871 bits per heavy atom. The third-order valence-electron chi connectivity index (χ3n) is 5.40. The number of hydrogen-bond acceptors (Lipinski definition) is 4. The predicted molar refractivity (Wildman–Crippen MR) is 115 cm³/mol. The molecule has 3 amide bonds. The van der Waals surface area contributed by atoms with Crippen LogP contribution in [0.15, 0.2) is 54.6 Å². The summed E-state index contributed by atoms with van der Waals surface area (Å²) in [5, 5.41) is 12.0. The van der Waals surface area contributed by atoms with Gasteiger partial charge in [0.25, 0.3) is 11.8 Å². The second-order valence-electron chi connectivity index (χ2n) is 7.63. The molecule has 0 saturated carbocycles. The number of nitrogens with one attached hydrogen (secondary N) is 1. The van der Waals surface area contributed by atoms with Gasteiger partial charge in [-0.15, -0.1) is 0 Å². The fraction of sp³-hybridized carbons (Fsp3) is 0.333. The van der Waals surface area contributed by atoms with Crippen molar-refractivity contribution in [2.24, 2.45) is 0 Å². The first-order chi connectivity index (χ1) is 15.0. The van der Waals surface area contributed by atoms with Crippen LogP contribution >= 0.6 is 0 Å². The molecule has 1 aliphatic rings. The van der Waals surface area contributed by atoms with Gasteiger partial charge >= 0.3 is 5.97 Å². The Morgan fingerprint density at radius 3 is 2.10 bits per heavy atom. The van der Waals surface area contributed by atoms with E-state index >= 15 is 0 Å². The average molecular weight is 422 g/mol. The molecule has 2 aromatic rings. The monoisotopic (exact) mass is 422 g/mol. The summed E-state index contributed by atoms with van der Waals surface area (Å²) in [6, 6.07) is 16.1. The Labute approximate surface area is 181 Å². The molecule has 0 spiro atoms. The van der Waals surface area contributed by atoms with Crippen molar-refractivity contribution in [3.05, 3.63) is 71.3 Å². The number of carboxylic acids is 1. The molecule has 7 heteroatoms. The molecule has 0 saturated heterocycles. The number of carbonyl (C=O) groups is 4. The van der Waals surface area contributed by atoms with E-state index in [4.69, 9.17) is 5.11 Å². The minimum absolute atomic E-state index is 0.0510. The van der Waals surface area contributed by atoms with Gasteiger partial charge < -0.3 is 10.4 Å². The van der Waals surface area contributed by atoms with Gasteiger partial charge in [-0.2, -0.15) is 0 Å². The molecule has 0 bridgehead atoms. The van der Waals surface area contributed by atoms with Crippen molar-refractivity contribution in [1.82, 2.24) is 10.2 Å². The summed E-state index contributed by atoms with van der Waals surface area (Å²) in [6.45, 7) is 0.604. The van der Waals surface area contributed by atoms with Crippen LogP contribution in [0, 0.1) is 0 Å². The normalized spacial score (nSPS) is 13.7. The largest absolute Gasteiger partial charge is 0.481 e. The number of nitrogens with zero attached hydrogens (tertiary/aromatic N) is 1. The highest BCUT2D eigenvalue weighted by Gasteiger charge is 2.34. The smallest absolute Gasteiger partial charge is 0.304 e. The van der Waals surface area contributed by atoms with E-state index in [0.717, 1.165) is 5.56 Å². The quantitative estimate of drug-likeness (QED) is 0.427. The molecule has 1 unspecified atom stereocenters. The fourth-order valence-electron chi connectivity index (χ4n) is 3.74. The fourth-order valence-corrected chi connectivity index (χ4v) is 3.74. The van der Waals surface area contributed by atoms with Crippen molar-refractivity contribution in [3.8, 4) is 0 Å². The third-order valence-corrected chi connectivity index (χ3v) is 5.40. The second-order valence-corrected chi connectivity index (χ2v) is 7.63. The molecule has 0 aromatic heterocycles. The van der Waals surface area contributed by atoms with Crippen LogP contribution in [0.2, 0.25) is 0 Å². The zero-order valence-corrected chi connectivity index (χ0v) is 17.3. The van der Waals surface area contributed by atoms with Crippen LogP contribution < -0.4 is 5.32 Å². The van der Waals surface area contributed by atoms with Gasteiger partial charge in [0.2, 0.25) is 5.91 Å². The van der Waals surface area contributed by atoms with E-state index in [1.807, 2.05) is 30.3 Å². The highest BCUT2D eigenvalue weighted by atomic mass is 16.4. The van der Waals surface area contributed by atoms with Gasteiger partial charge in [0.05, 0.1) is 17.5 Å². The average Bonchev–Trinajstić information content (AvgIpc) is 3.01. The Balaban J connectivity index is 1.37. The minimum atomic E-state index is -0.906. The molecule has 2 aromatic carbocycles. The van der Waals surface area contributed by atoms with Crippen LogP contribution in [-0.2, 0) is 9.59 Å². The third kappa shape index (κ3) is 5.78. The molecule has 2 N–H and O–H groups in total. The number of hydrogen-bond donors (Lipinski definition) is 2. The maximum atomic E-state index is 12.3. The summed E-state index contributed by atoms with van der Waals surface area (Å²) in [7, 11) is 0. The van der Waals surface area contributed by atoms with Crippen molar-refractivity contribution in [1.29, 1.82) is 0 Å². The molecular weight excluding hydrogens is 396 g/mol. The zero-order chi connectivity index (χ0) is 22.2.